The van der Waals surface area contributed by atoms with Crippen LogP contribution in [0.3, 0.4) is 0 Å². The van der Waals surface area contributed by atoms with E-state index in [4.69, 9.17) is 0 Å². The van der Waals surface area contributed by atoms with Crippen molar-refractivity contribution in [2.24, 2.45) is 0 Å². The number of carbonyl (C=O) groups excluding carboxylic acids is 1. The molecule has 0 aromatic heterocycles. The van der Waals surface area contributed by atoms with Gasteiger partial charge in [-0.25, -0.2) is 13.1 Å². The van der Waals surface area contributed by atoms with Crippen molar-refractivity contribution >= 4 is 16.0 Å². The zero-order chi connectivity index (χ0) is 17.2. The molecule has 0 aliphatic carbocycles. The van der Waals surface area contributed by atoms with E-state index in [1.54, 1.807) is 26.0 Å². The van der Waals surface area contributed by atoms with Crippen molar-refractivity contribution in [1.29, 1.82) is 0 Å². The maximum atomic E-state index is 12.5. The lowest BCUT2D eigenvalue weighted by atomic mass is 10.1. The van der Waals surface area contributed by atoms with Crippen LogP contribution in [0, 0.1) is 20.8 Å². The van der Waals surface area contributed by atoms with Gasteiger partial charge in [0.05, 0.1) is 10.9 Å². The molecule has 2 aromatic carbocycles. The standard InChI is InChI=1S/C17H19NO4S/c1-11-8-12(2)16(13(3)9-11)23(21,22)18-10-14-4-6-15(7-5-14)17(19)20/h4-9,18H,10H2,1-3H3,(H,19,20)/p-1. The average molecular weight is 332 g/mol. The van der Waals surface area contributed by atoms with Gasteiger partial charge in [0, 0.05) is 6.54 Å². The molecule has 0 amide bonds. The molecule has 122 valence electrons. The number of sulfonamides is 1. The van der Waals surface area contributed by atoms with E-state index in [0.717, 1.165) is 5.56 Å². The molecular weight excluding hydrogens is 314 g/mol. The SMILES string of the molecule is Cc1cc(C)c(S(=O)(=O)NCc2ccc(C(=O)[O-])cc2)c(C)c1. The third-order valence-electron chi connectivity index (χ3n) is 3.53. The van der Waals surface area contributed by atoms with Crippen molar-refractivity contribution in [3.8, 4) is 0 Å². The van der Waals surface area contributed by atoms with Crippen LogP contribution in [0.1, 0.15) is 32.6 Å². The molecule has 6 heteroatoms. The lowest BCUT2D eigenvalue weighted by Gasteiger charge is -2.13. The van der Waals surface area contributed by atoms with Crippen molar-refractivity contribution in [2.75, 3.05) is 0 Å². The summed E-state index contributed by atoms with van der Waals surface area (Å²) in [5.41, 5.74) is 3.13. The number of benzene rings is 2. The zero-order valence-electron chi connectivity index (χ0n) is 13.2. The van der Waals surface area contributed by atoms with Crippen LogP contribution in [0.5, 0.6) is 0 Å². The number of rotatable bonds is 5. The molecule has 5 nitrogen and oxygen atoms in total. The highest BCUT2D eigenvalue weighted by molar-refractivity contribution is 7.89. The van der Waals surface area contributed by atoms with Crippen LogP contribution in [0.2, 0.25) is 0 Å². The average Bonchev–Trinajstić information content (AvgIpc) is 2.44. The number of carbonyl (C=O) groups is 1. The predicted molar refractivity (Wildman–Crippen MR) is 85.5 cm³/mol. The summed E-state index contributed by atoms with van der Waals surface area (Å²) >= 11 is 0. The van der Waals surface area contributed by atoms with Gasteiger partial charge in [0.1, 0.15) is 0 Å². The molecule has 2 aromatic rings. The van der Waals surface area contributed by atoms with E-state index >= 15 is 0 Å². The third kappa shape index (κ3) is 3.97. The van der Waals surface area contributed by atoms with Gasteiger partial charge in [-0.15, -0.1) is 0 Å². The summed E-state index contributed by atoms with van der Waals surface area (Å²) in [5.74, 6) is -1.26. The summed E-state index contributed by atoms with van der Waals surface area (Å²) in [4.78, 5) is 11.0. The van der Waals surface area contributed by atoms with Crippen LogP contribution in [0.15, 0.2) is 41.3 Å². The Morgan fingerprint density at radius 1 is 1.04 bits per heavy atom. The minimum atomic E-state index is -3.64. The molecule has 0 aliphatic heterocycles. The van der Waals surface area contributed by atoms with Gasteiger partial charge in [0.15, 0.2) is 0 Å². The van der Waals surface area contributed by atoms with Gasteiger partial charge in [-0.1, -0.05) is 42.0 Å². The van der Waals surface area contributed by atoms with Crippen LogP contribution < -0.4 is 9.83 Å². The molecule has 1 N–H and O–H groups in total. The number of nitrogens with one attached hydrogen (secondary N) is 1. The van der Waals surface area contributed by atoms with Crippen LogP contribution in [0.25, 0.3) is 0 Å². The van der Waals surface area contributed by atoms with E-state index < -0.39 is 16.0 Å². The molecule has 0 radical (unpaired) electrons. The molecule has 0 saturated heterocycles. The lowest BCUT2D eigenvalue weighted by Crippen LogP contribution is -2.25. The number of carboxylic acids is 1. The first kappa shape index (κ1) is 17.2. The molecule has 0 spiro atoms. The van der Waals surface area contributed by atoms with Gasteiger partial charge in [-0.2, -0.15) is 0 Å². The van der Waals surface area contributed by atoms with E-state index in [1.165, 1.54) is 12.1 Å². The third-order valence-corrected chi connectivity index (χ3v) is 5.24. The fraction of sp³-hybridized carbons (Fsp3) is 0.235. The van der Waals surface area contributed by atoms with Gasteiger partial charge < -0.3 is 9.90 Å². The smallest absolute Gasteiger partial charge is 0.241 e. The summed E-state index contributed by atoms with van der Waals surface area (Å²) in [6, 6.07) is 9.56. The summed E-state index contributed by atoms with van der Waals surface area (Å²) < 4.78 is 27.6. The second-order valence-electron chi connectivity index (χ2n) is 5.54. The molecule has 23 heavy (non-hydrogen) atoms. The lowest BCUT2D eigenvalue weighted by molar-refractivity contribution is -0.255. The van der Waals surface area contributed by atoms with Crippen molar-refractivity contribution in [3.05, 3.63) is 64.2 Å². The van der Waals surface area contributed by atoms with Crippen molar-refractivity contribution in [3.63, 3.8) is 0 Å². The molecule has 0 saturated carbocycles. The fourth-order valence-corrected chi connectivity index (χ4v) is 4.07. The van der Waals surface area contributed by atoms with Crippen LogP contribution in [0.4, 0.5) is 0 Å². The van der Waals surface area contributed by atoms with E-state index in [9.17, 15) is 18.3 Å². The van der Waals surface area contributed by atoms with Crippen molar-refractivity contribution in [1.82, 2.24) is 4.72 Å². The van der Waals surface area contributed by atoms with Gasteiger partial charge in [0.25, 0.3) is 0 Å². The normalized spacial score (nSPS) is 11.4. The van der Waals surface area contributed by atoms with Gasteiger partial charge in [-0.05, 0) is 43.0 Å². The summed E-state index contributed by atoms with van der Waals surface area (Å²) in [7, 11) is -3.64. The summed E-state index contributed by atoms with van der Waals surface area (Å²) in [5, 5.41) is 10.7. The minimum Gasteiger partial charge on any atom is -0.545 e. The monoisotopic (exact) mass is 332 g/mol. The highest BCUT2D eigenvalue weighted by Crippen LogP contribution is 2.21. The highest BCUT2D eigenvalue weighted by Gasteiger charge is 2.19. The largest absolute Gasteiger partial charge is 0.545 e. The van der Waals surface area contributed by atoms with Crippen LogP contribution in [-0.4, -0.2) is 14.4 Å². The molecule has 2 rings (SSSR count). The predicted octanol–water partition coefficient (Wildman–Crippen LogP) is 1.45. The molecule has 0 bridgehead atoms. The zero-order valence-corrected chi connectivity index (χ0v) is 14.0. The van der Waals surface area contributed by atoms with Crippen LogP contribution >= 0.6 is 0 Å². The molecule has 0 unspecified atom stereocenters. The number of aromatic carboxylic acids is 1. The van der Waals surface area contributed by atoms with Crippen molar-refractivity contribution in [2.45, 2.75) is 32.2 Å². The maximum Gasteiger partial charge on any atom is 0.241 e. The van der Waals surface area contributed by atoms with Crippen molar-refractivity contribution < 1.29 is 18.3 Å². The number of hydrogen-bond donors (Lipinski definition) is 1. The molecule has 0 aliphatic rings. The Kier molecular flexibility index (Phi) is 4.87. The minimum absolute atomic E-state index is 0.0573. The molecule has 0 fully saturated rings. The molecule has 0 heterocycles. The Morgan fingerprint density at radius 3 is 2.04 bits per heavy atom. The number of hydrogen-bond acceptors (Lipinski definition) is 4. The van der Waals surface area contributed by atoms with Gasteiger partial charge in [-0.3, -0.25) is 0 Å². The van der Waals surface area contributed by atoms with Crippen LogP contribution in [-0.2, 0) is 16.6 Å². The van der Waals surface area contributed by atoms with Gasteiger partial charge >= 0.3 is 0 Å². The first-order chi connectivity index (χ1) is 10.7. The van der Waals surface area contributed by atoms with Gasteiger partial charge in [0.2, 0.25) is 10.0 Å². The Labute approximate surface area is 136 Å². The Balaban J connectivity index is 2.21. The summed E-state index contributed by atoms with van der Waals surface area (Å²) in [6.07, 6.45) is 0. The molecular formula is C17H18NO4S-. The number of carboxylic acid groups (broad SMARTS) is 1. The fourth-order valence-electron chi connectivity index (χ4n) is 2.60. The van der Waals surface area contributed by atoms with E-state index in [0.29, 0.717) is 16.7 Å². The second-order valence-corrected chi connectivity index (χ2v) is 7.24. The highest BCUT2D eigenvalue weighted by atomic mass is 32.2. The van der Waals surface area contributed by atoms with E-state index in [-0.39, 0.29) is 17.0 Å². The first-order valence-electron chi connectivity index (χ1n) is 7.08. The summed E-state index contributed by atoms with van der Waals surface area (Å²) in [6.45, 7) is 5.54. The Bertz CT molecular complexity index is 816. The Morgan fingerprint density at radius 2 is 1.57 bits per heavy atom. The Hall–Kier alpha value is -2.18. The maximum absolute atomic E-state index is 12.5. The quantitative estimate of drug-likeness (QED) is 0.898. The second kappa shape index (κ2) is 6.52. The number of aryl methyl sites for hydroxylation is 3. The van der Waals surface area contributed by atoms with E-state index in [2.05, 4.69) is 4.72 Å². The topological polar surface area (TPSA) is 86.3 Å². The first-order valence-corrected chi connectivity index (χ1v) is 8.57. The van der Waals surface area contributed by atoms with E-state index in [1.807, 2.05) is 19.1 Å². The molecule has 0 atom stereocenters.